The molecule has 2 amide bonds. The summed E-state index contributed by atoms with van der Waals surface area (Å²) in [6.07, 6.45) is 0.254. The fourth-order valence-electron chi connectivity index (χ4n) is 3.13. The Labute approximate surface area is 168 Å². The van der Waals surface area contributed by atoms with E-state index in [2.05, 4.69) is 5.32 Å². The number of nitrogens with zero attached hydrogens (tertiary/aromatic N) is 1. The first-order valence-electron chi connectivity index (χ1n) is 9.39. The predicted molar refractivity (Wildman–Crippen MR) is 107 cm³/mol. The third-order valence-corrected chi connectivity index (χ3v) is 5.68. The Morgan fingerprint density at radius 2 is 1.86 bits per heavy atom. The van der Waals surface area contributed by atoms with Gasteiger partial charge in [-0.3, -0.25) is 14.4 Å². The van der Waals surface area contributed by atoms with E-state index in [4.69, 9.17) is 4.74 Å². The molecule has 2 aromatic rings. The highest BCUT2D eigenvalue weighted by Gasteiger charge is 2.30. The van der Waals surface area contributed by atoms with Crippen molar-refractivity contribution in [1.29, 1.82) is 0 Å². The van der Waals surface area contributed by atoms with E-state index in [-0.39, 0.29) is 23.7 Å². The molecule has 28 heavy (non-hydrogen) atoms. The summed E-state index contributed by atoms with van der Waals surface area (Å²) in [5.41, 5.74) is 0.983. The van der Waals surface area contributed by atoms with Gasteiger partial charge in [0.05, 0.1) is 10.8 Å². The first kappa shape index (κ1) is 20.1. The van der Waals surface area contributed by atoms with E-state index in [9.17, 15) is 14.4 Å². The van der Waals surface area contributed by atoms with Crippen LogP contribution in [-0.4, -0.2) is 41.9 Å². The van der Waals surface area contributed by atoms with Crippen molar-refractivity contribution in [3.05, 3.63) is 58.3 Å². The van der Waals surface area contributed by atoms with Gasteiger partial charge >= 0.3 is 5.97 Å². The van der Waals surface area contributed by atoms with Crippen LogP contribution in [0.4, 0.5) is 0 Å². The van der Waals surface area contributed by atoms with Gasteiger partial charge in [-0.2, -0.15) is 0 Å². The number of amides is 2. The van der Waals surface area contributed by atoms with Crippen LogP contribution in [-0.2, 0) is 20.9 Å². The summed E-state index contributed by atoms with van der Waals surface area (Å²) in [5.74, 6) is -0.958. The van der Waals surface area contributed by atoms with Crippen molar-refractivity contribution in [2.75, 3.05) is 13.1 Å². The molecule has 1 atom stereocenters. The van der Waals surface area contributed by atoms with Gasteiger partial charge in [0.25, 0.3) is 11.8 Å². The Morgan fingerprint density at radius 3 is 2.50 bits per heavy atom. The van der Waals surface area contributed by atoms with Gasteiger partial charge in [-0.25, -0.2) is 0 Å². The van der Waals surface area contributed by atoms with E-state index in [1.807, 2.05) is 47.8 Å². The maximum Gasteiger partial charge on any atom is 0.309 e. The van der Waals surface area contributed by atoms with E-state index < -0.39 is 6.10 Å². The first-order chi connectivity index (χ1) is 13.5. The second-order valence-electron chi connectivity index (χ2n) is 6.83. The standard InChI is InChI=1S/C21H24N2O4S/c1-15(19(24)22-14-16-6-3-2-4-7-16)27-21(26)17-9-11-23(12-10-17)20(25)18-8-5-13-28-18/h2-8,13,15,17H,9-12,14H2,1H3,(H,22,24)/t15-/m1/s1. The second kappa shape index (κ2) is 9.50. The zero-order chi connectivity index (χ0) is 19.9. The number of esters is 1. The van der Waals surface area contributed by atoms with Crippen LogP contribution in [0.2, 0.25) is 0 Å². The number of benzene rings is 1. The Morgan fingerprint density at radius 1 is 1.14 bits per heavy atom. The highest BCUT2D eigenvalue weighted by molar-refractivity contribution is 7.12. The monoisotopic (exact) mass is 400 g/mol. The normalized spacial score (nSPS) is 15.7. The van der Waals surface area contributed by atoms with Crippen LogP contribution in [0.25, 0.3) is 0 Å². The third-order valence-electron chi connectivity index (χ3n) is 4.82. The molecule has 0 unspecified atom stereocenters. The quantitative estimate of drug-likeness (QED) is 0.757. The van der Waals surface area contributed by atoms with Crippen molar-refractivity contribution in [2.24, 2.45) is 5.92 Å². The topological polar surface area (TPSA) is 75.7 Å². The van der Waals surface area contributed by atoms with Gasteiger partial charge in [-0.15, -0.1) is 11.3 Å². The molecule has 7 heteroatoms. The number of rotatable bonds is 6. The SMILES string of the molecule is C[C@@H](OC(=O)C1CCN(C(=O)c2cccs2)CC1)C(=O)NCc1ccccc1. The molecule has 1 aromatic carbocycles. The zero-order valence-electron chi connectivity index (χ0n) is 15.8. The number of carbonyl (C=O) groups excluding carboxylic acids is 3. The summed E-state index contributed by atoms with van der Waals surface area (Å²) in [6, 6.07) is 13.2. The first-order valence-corrected chi connectivity index (χ1v) is 10.3. The van der Waals surface area contributed by atoms with E-state index >= 15 is 0 Å². The average molecular weight is 401 g/mol. The molecule has 0 bridgehead atoms. The van der Waals surface area contributed by atoms with Crippen LogP contribution in [0.3, 0.4) is 0 Å². The van der Waals surface area contributed by atoms with Gasteiger partial charge in [0.2, 0.25) is 0 Å². The summed E-state index contributed by atoms with van der Waals surface area (Å²) in [4.78, 5) is 39.4. The molecule has 0 spiro atoms. The molecular weight excluding hydrogens is 376 g/mol. The van der Waals surface area contributed by atoms with Gasteiger partial charge < -0.3 is 15.0 Å². The Balaban J connectivity index is 1.42. The molecular formula is C21H24N2O4S. The van der Waals surface area contributed by atoms with E-state index in [1.54, 1.807) is 11.8 Å². The van der Waals surface area contributed by atoms with Crippen molar-refractivity contribution < 1.29 is 19.1 Å². The molecule has 0 radical (unpaired) electrons. The van der Waals surface area contributed by atoms with Crippen molar-refractivity contribution in [1.82, 2.24) is 10.2 Å². The minimum absolute atomic E-state index is 0.00970. The number of ether oxygens (including phenoxy) is 1. The number of piperidine rings is 1. The number of nitrogens with one attached hydrogen (secondary N) is 1. The lowest BCUT2D eigenvalue weighted by Crippen LogP contribution is -2.42. The third kappa shape index (κ3) is 5.19. The minimum Gasteiger partial charge on any atom is -0.452 e. The summed E-state index contributed by atoms with van der Waals surface area (Å²) in [7, 11) is 0. The van der Waals surface area contributed by atoms with Crippen molar-refractivity contribution >= 4 is 29.1 Å². The lowest BCUT2D eigenvalue weighted by molar-refractivity contribution is -0.160. The van der Waals surface area contributed by atoms with Crippen LogP contribution < -0.4 is 5.32 Å². The van der Waals surface area contributed by atoms with Crippen LogP contribution >= 0.6 is 11.3 Å². The number of thiophene rings is 1. The largest absolute Gasteiger partial charge is 0.452 e. The molecule has 1 aliphatic heterocycles. The van der Waals surface area contributed by atoms with Crippen molar-refractivity contribution in [3.8, 4) is 0 Å². The van der Waals surface area contributed by atoms with E-state index in [1.165, 1.54) is 11.3 Å². The smallest absolute Gasteiger partial charge is 0.309 e. The number of carbonyl (C=O) groups is 3. The number of likely N-dealkylation sites (tertiary alicyclic amines) is 1. The summed E-state index contributed by atoms with van der Waals surface area (Å²) < 4.78 is 5.36. The second-order valence-corrected chi connectivity index (χ2v) is 7.77. The molecule has 1 aliphatic rings. The molecule has 1 N–H and O–H groups in total. The maximum absolute atomic E-state index is 12.4. The van der Waals surface area contributed by atoms with Gasteiger partial charge in [-0.05, 0) is 36.8 Å². The van der Waals surface area contributed by atoms with Gasteiger partial charge in [0, 0.05) is 19.6 Å². The van der Waals surface area contributed by atoms with Gasteiger partial charge in [-0.1, -0.05) is 36.4 Å². The molecule has 3 rings (SSSR count). The Bertz CT molecular complexity index is 799. The van der Waals surface area contributed by atoms with Crippen LogP contribution in [0.1, 0.15) is 35.0 Å². The summed E-state index contributed by atoms with van der Waals surface area (Å²) in [6.45, 7) is 3.01. The highest BCUT2D eigenvalue weighted by atomic mass is 32.1. The fraction of sp³-hybridized carbons (Fsp3) is 0.381. The average Bonchev–Trinajstić information content (AvgIpc) is 3.27. The van der Waals surface area contributed by atoms with Gasteiger partial charge in [0.1, 0.15) is 0 Å². The Hall–Kier alpha value is -2.67. The molecule has 1 saturated heterocycles. The van der Waals surface area contributed by atoms with E-state index in [0.717, 1.165) is 5.56 Å². The van der Waals surface area contributed by atoms with Crippen LogP contribution in [0.5, 0.6) is 0 Å². The number of hydrogen-bond donors (Lipinski definition) is 1. The molecule has 148 valence electrons. The molecule has 2 heterocycles. The van der Waals surface area contributed by atoms with Crippen molar-refractivity contribution in [3.63, 3.8) is 0 Å². The zero-order valence-corrected chi connectivity index (χ0v) is 16.6. The summed E-state index contributed by atoms with van der Waals surface area (Å²) >= 11 is 1.42. The molecule has 6 nitrogen and oxygen atoms in total. The lowest BCUT2D eigenvalue weighted by atomic mass is 9.97. The lowest BCUT2D eigenvalue weighted by Gasteiger charge is -2.31. The van der Waals surface area contributed by atoms with Crippen molar-refractivity contribution in [2.45, 2.75) is 32.4 Å². The summed E-state index contributed by atoms with van der Waals surface area (Å²) in [5, 5.41) is 4.65. The molecule has 0 saturated carbocycles. The minimum atomic E-state index is -0.845. The maximum atomic E-state index is 12.4. The number of hydrogen-bond acceptors (Lipinski definition) is 5. The highest BCUT2D eigenvalue weighted by Crippen LogP contribution is 2.22. The van der Waals surface area contributed by atoms with E-state index in [0.29, 0.717) is 37.4 Å². The van der Waals surface area contributed by atoms with Gasteiger partial charge in [0.15, 0.2) is 6.10 Å². The molecule has 0 aliphatic carbocycles. The predicted octanol–water partition coefficient (Wildman–Crippen LogP) is 2.85. The Kier molecular flexibility index (Phi) is 6.81. The molecule has 1 fully saturated rings. The molecule has 1 aromatic heterocycles. The fourth-order valence-corrected chi connectivity index (χ4v) is 3.82. The van der Waals surface area contributed by atoms with Crippen LogP contribution in [0.15, 0.2) is 47.8 Å². The van der Waals surface area contributed by atoms with Crippen LogP contribution in [0, 0.1) is 5.92 Å².